The molecule has 0 atom stereocenters. The van der Waals surface area contributed by atoms with Crippen LogP contribution in [0, 0.1) is 4.64 Å². The van der Waals surface area contributed by atoms with Crippen LogP contribution in [-0.4, -0.2) is 16.9 Å². The van der Waals surface area contributed by atoms with E-state index in [9.17, 15) is 4.79 Å². The van der Waals surface area contributed by atoms with Gasteiger partial charge in [-0.05, 0) is 25.0 Å². The standard InChI is InChI=1S/C9H10N2OS/c12-9(11-7-1-2-7)6-3-4-10-8(13)5-6/h3-5,7H,1-2H2,(H,10,13)(H,11,12). The van der Waals surface area contributed by atoms with Crippen LogP contribution in [0.2, 0.25) is 0 Å². The van der Waals surface area contributed by atoms with E-state index < -0.39 is 0 Å². The van der Waals surface area contributed by atoms with E-state index in [1.807, 2.05) is 0 Å². The van der Waals surface area contributed by atoms with Crippen molar-refractivity contribution in [3.05, 3.63) is 28.5 Å². The Hall–Kier alpha value is -1.16. The highest BCUT2D eigenvalue weighted by atomic mass is 32.1. The van der Waals surface area contributed by atoms with E-state index in [1.165, 1.54) is 0 Å². The average molecular weight is 194 g/mol. The second-order valence-electron chi connectivity index (χ2n) is 3.19. The molecule has 1 fully saturated rings. The molecule has 0 aromatic carbocycles. The first-order chi connectivity index (χ1) is 6.25. The summed E-state index contributed by atoms with van der Waals surface area (Å²) in [5.74, 6) is -0.0254. The molecule has 0 aliphatic heterocycles. The van der Waals surface area contributed by atoms with Crippen molar-refractivity contribution in [1.82, 2.24) is 10.3 Å². The van der Waals surface area contributed by atoms with Crippen LogP contribution < -0.4 is 5.32 Å². The number of hydrogen-bond donors (Lipinski definition) is 2. The van der Waals surface area contributed by atoms with Crippen LogP contribution >= 0.6 is 12.2 Å². The Morgan fingerprint density at radius 3 is 3.00 bits per heavy atom. The van der Waals surface area contributed by atoms with Gasteiger partial charge < -0.3 is 10.3 Å². The molecule has 1 aliphatic rings. The highest BCUT2D eigenvalue weighted by Crippen LogP contribution is 2.19. The molecule has 13 heavy (non-hydrogen) atoms. The molecule has 1 aromatic rings. The van der Waals surface area contributed by atoms with Crippen molar-refractivity contribution < 1.29 is 4.79 Å². The first-order valence-electron chi connectivity index (χ1n) is 4.25. The molecule has 0 radical (unpaired) electrons. The molecule has 0 bridgehead atoms. The maximum absolute atomic E-state index is 11.5. The van der Waals surface area contributed by atoms with Gasteiger partial charge in [0.15, 0.2) is 0 Å². The summed E-state index contributed by atoms with van der Waals surface area (Å²) in [6.45, 7) is 0. The summed E-state index contributed by atoms with van der Waals surface area (Å²) < 4.78 is 0.587. The van der Waals surface area contributed by atoms with Crippen molar-refractivity contribution in [1.29, 1.82) is 0 Å². The lowest BCUT2D eigenvalue weighted by atomic mass is 10.2. The van der Waals surface area contributed by atoms with Gasteiger partial charge in [-0.3, -0.25) is 4.79 Å². The van der Waals surface area contributed by atoms with Gasteiger partial charge in [-0.2, -0.15) is 0 Å². The summed E-state index contributed by atoms with van der Waals surface area (Å²) in [5.41, 5.74) is 0.635. The van der Waals surface area contributed by atoms with Crippen LogP contribution in [0.25, 0.3) is 0 Å². The fourth-order valence-electron chi connectivity index (χ4n) is 1.08. The van der Waals surface area contributed by atoms with Crippen LogP contribution in [0.5, 0.6) is 0 Å². The highest BCUT2D eigenvalue weighted by Gasteiger charge is 2.23. The summed E-state index contributed by atoms with van der Waals surface area (Å²) in [5, 5.41) is 2.90. The van der Waals surface area contributed by atoms with Gasteiger partial charge in [-0.25, -0.2) is 0 Å². The van der Waals surface area contributed by atoms with Gasteiger partial charge in [-0.15, -0.1) is 0 Å². The quantitative estimate of drug-likeness (QED) is 0.703. The second kappa shape index (κ2) is 3.30. The monoisotopic (exact) mass is 194 g/mol. The molecule has 1 heterocycles. The SMILES string of the molecule is O=C(NC1CC1)c1cc[nH]c(=S)c1. The highest BCUT2D eigenvalue weighted by molar-refractivity contribution is 7.71. The number of pyridine rings is 1. The lowest BCUT2D eigenvalue weighted by Gasteiger charge is -2.01. The first-order valence-corrected chi connectivity index (χ1v) is 4.66. The van der Waals surface area contributed by atoms with Gasteiger partial charge in [0.05, 0.1) is 0 Å². The third-order valence-corrected chi connectivity index (χ3v) is 2.19. The van der Waals surface area contributed by atoms with E-state index in [0.717, 1.165) is 12.8 Å². The van der Waals surface area contributed by atoms with Crippen LogP contribution in [0.4, 0.5) is 0 Å². The molecule has 1 saturated carbocycles. The van der Waals surface area contributed by atoms with Crippen LogP contribution in [0.1, 0.15) is 23.2 Å². The van der Waals surface area contributed by atoms with Gasteiger partial charge in [0, 0.05) is 17.8 Å². The van der Waals surface area contributed by atoms with E-state index in [2.05, 4.69) is 10.3 Å². The number of aromatic amines is 1. The summed E-state index contributed by atoms with van der Waals surface area (Å²) in [4.78, 5) is 14.3. The molecule has 0 unspecified atom stereocenters. The van der Waals surface area contributed by atoms with Crippen molar-refractivity contribution in [2.75, 3.05) is 0 Å². The normalized spacial score (nSPS) is 15.4. The predicted molar refractivity (Wildman–Crippen MR) is 52.1 cm³/mol. The Morgan fingerprint density at radius 2 is 2.38 bits per heavy atom. The van der Waals surface area contributed by atoms with Crippen molar-refractivity contribution in [3.63, 3.8) is 0 Å². The molecular weight excluding hydrogens is 184 g/mol. The second-order valence-corrected chi connectivity index (χ2v) is 3.63. The zero-order chi connectivity index (χ0) is 9.26. The number of carbonyl (C=O) groups is 1. The Morgan fingerprint density at radius 1 is 1.62 bits per heavy atom. The predicted octanol–water partition coefficient (Wildman–Crippen LogP) is 1.64. The Balaban J connectivity index is 2.14. The van der Waals surface area contributed by atoms with Crippen LogP contribution in [-0.2, 0) is 0 Å². The topological polar surface area (TPSA) is 44.9 Å². The summed E-state index contributed by atoms with van der Waals surface area (Å²) in [7, 11) is 0. The van der Waals surface area contributed by atoms with Gasteiger partial charge in [0.2, 0.25) is 0 Å². The van der Waals surface area contributed by atoms with Gasteiger partial charge >= 0.3 is 0 Å². The van der Waals surface area contributed by atoms with Gasteiger partial charge in [0.1, 0.15) is 4.64 Å². The van der Waals surface area contributed by atoms with Crippen molar-refractivity contribution >= 4 is 18.1 Å². The minimum absolute atomic E-state index is 0.0254. The zero-order valence-electron chi connectivity index (χ0n) is 7.04. The number of hydrogen-bond acceptors (Lipinski definition) is 2. The minimum Gasteiger partial charge on any atom is -0.353 e. The molecule has 68 valence electrons. The number of amides is 1. The summed E-state index contributed by atoms with van der Waals surface area (Å²) in [6.07, 6.45) is 3.89. The lowest BCUT2D eigenvalue weighted by molar-refractivity contribution is 0.0951. The smallest absolute Gasteiger partial charge is 0.251 e. The van der Waals surface area contributed by atoms with E-state index in [-0.39, 0.29) is 5.91 Å². The van der Waals surface area contributed by atoms with Crippen LogP contribution in [0.3, 0.4) is 0 Å². The molecule has 1 amide bonds. The minimum atomic E-state index is -0.0254. The molecular formula is C9H10N2OS. The molecule has 2 N–H and O–H groups in total. The molecule has 2 rings (SSSR count). The fourth-order valence-corrected chi connectivity index (χ4v) is 1.28. The zero-order valence-corrected chi connectivity index (χ0v) is 7.86. The number of carbonyl (C=O) groups excluding carboxylic acids is 1. The average Bonchev–Trinajstić information content (AvgIpc) is 2.88. The number of nitrogens with one attached hydrogen (secondary N) is 2. The maximum atomic E-state index is 11.5. The van der Waals surface area contributed by atoms with E-state index in [0.29, 0.717) is 16.2 Å². The Bertz CT molecular complexity index is 381. The molecule has 0 saturated heterocycles. The van der Waals surface area contributed by atoms with E-state index in [4.69, 9.17) is 12.2 Å². The third-order valence-electron chi connectivity index (χ3n) is 1.95. The maximum Gasteiger partial charge on any atom is 0.251 e. The number of rotatable bonds is 2. The van der Waals surface area contributed by atoms with E-state index in [1.54, 1.807) is 18.3 Å². The van der Waals surface area contributed by atoms with Crippen molar-refractivity contribution in [2.45, 2.75) is 18.9 Å². The fraction of sp³-hybridized carbons (Fsp3) is 0.333. The molecule has 4 heteroatoms. The van der Waals surface area contributed by atoms with E-state index >= 15 is 0 Å². The summed E-state index contributed by atoms with van der Waals surface area (Å²) >= 11 is 4.91. The number of H-pyrrole nitrogens is 1. The van der Waals surface area contributed by atoms with Crippen LogP contribution in [0.15, 0.2) is 18.3 Å². The van der Waals surface area contributed by atoms with Gasteiger partial charge in [-0.1, -0.05) is 12.2 Å². The Kier molecular flexibility index (Phi) is 2.14. The lowest BCUT2D eigenvalue weighted by Crippen LogP contribution is -2.25. The number of aromatic nitrogens is 1. The first kappa shape index (κ1) is 8.44. The van der Waals surface area contributed by atoms with Crippen molar-refractivity contribution in [2.24, 2.45) is 0 Å². The third kappa shape index (κ3) is 2.15. The van der Waals surface area contributed by atoms with Crippen molar-refractivity contribution in [3.8, 4) is 0 Å². The summed E-state index contributed by atoms with van der Waals surface area (Å²) in [6, 6.07) is 3.80. The molecule has 3 nitrogen and oxygen atoms in total. The Labute approximate surface area is 81.2 Å². The molecule has 1 aliphatic carbocycles. The molecule has 1 aromatic heterocycles. The molecule has 0 spiro atoms. The largest absolute Gasteiger partial charge is 0.353 e. The van der Waals surface area contributed by atoms with Gasteiger partial charge in [0.25, 0.3) is 5.91 Å².